The first-order chi connectivity index (χ1) is 13.9. The predicted molar refractivity (Wildman–Crippen MR) is 109 cm³/mol. The maximum Gasteiger partial charge on any atom is 0.326 e. The molecule has 0 saturated carbocycles. The zero-order valence-electron chi connectivity index (χ0n) is 16.7. The molecule has 2 N–H and O–H groups in total. The van der Waals surface area contributed by atoms with Crippen molar-refractivity contribution in [3.63, 3.8) is 0 Å². The molecular weight excluding hydrogens is 368 g/mol. The van der Waals surface area contributed by atoms with Crippen molar-refractivity contribution in [2.75, 3.05) is 6.54 Å². The number of aryl methyl sites for hydroxylation is 2. The van der Waals surface area contributed by atoms with Gasteiger partial charge in [0.15, 0.2) is 6.10 Å². The maximum absolute atomic E-state index is 12.5. The van der Waals surface area contributed by atoms with Crippen molar-refractivity contribution in [3.8, 4) is 0 Å². The highest BCUT2D eigenvalue weighted by atomic mass is 16.5. The molecule has 1 aliphatic carbocycles. The Morgan fingerprint density at radius 2 is 1.83 bits per heavy atom. The van der Waals surface area contributed by atoms with Gasteiger partial charge >= 0.3 is 5.97 Å². The number of rotatable bonds is 6. The second-order valence-electron chi connectivity index (χ2n) is 7.33. The molecule has 2 aromatic rings. The summed E-state index contributed by atoms with van der Waals surface area (Å²) in [6, 6.07) is 15.0. The summed E-state index contributed by atoms with van der Waals surface area (Å²) in [5.74, 6) is -1.36. The fourth-order valence-corrected chi connectivity index (χ4v) is 3.44. The summed E-state index contributed by atoms with van der Waals surface area (Å²) in [5.41, 5.74) is 3.87. The Hall–Kier alpha value is -3.15. The molecule has 0 aromatic heterocycles. The Bertz CT molecular complexity index is 892. The normalized spacial score (nSPS) is 16.3. The largest absolute Gasteiger partial charge is 0.451 e. The van der Waals surface area contributed by atoms with Crippen molar-refractivity contribution in [1.82, 2.24) is 10.6 Å². The van der Waals surface area contributed by atoms with Crippen LogP contribution in [0, 0.1) is 6.92 Å². The van der Waals surface area contributed by atoms with Gasteiger partial charge in [-0.3, -0.25) is 14.4 Å². The summed E-state index contributed by atoms with van der Waals surface area (Å²) in [4.78, 5) is 36.6. The van der Waals surface area contributed by atoms with Crippen molar-refractivity contribution in [2.24, 2.45) is 0 Å². The number of esters is 1. The van der Waals surface area contributed by atoms with E-state index in [1.165, 1.54) is 12.5 Å². The number of amides is 2. The smallest absolute Gasteiger partial charge is 0.326 e. The number of hydrogen-bond acceptors (Lipinski definition) is 4. The number of carbonyl (C=O) groups is 3. The highest BCUT2D eigenvalue weighted by Gasteiger charge is 2.25. The van der Waals surface area contributed by atoms with Crippen molar-refractivity contribution in [1.29, 1.82) is 0 Å². The summed E-state index contributed by atoms with van der Waals surface area (Å²) >= 11 is 0. The monoisotopic (exact) mass is 394 g/mol. The standard InChI is InChI=1S/C23H26N2O4/c1-15-10-12-18(13-11-15)23(28)24-14-21(26)29-16(2)22(27)25-20-9-5-7-17-6-3-4-8-19(17)20/h3-4,6,8,10-13,16,20H,5,7,9,14H2,1-2H3,(H,24,28)(H,25,27)/t16-,20+/m1/s1. The quantitative estimate of drug-likeness (QED) is 0.738. The minimum absolute atomic E-state index is 0.0742. The maximum atomic E-state index is 12.5. The Balaban J connectivity index is 1.47. The summed E-state index contributed by atoms with van der Waals surface area (Å²) in [5, 5.41) is 5.48. The van der Waals surface area contributed by atoms with Gasteiger partial charge in [0.05, 0.1) is 6.04 Å². The van der Waals surface area contributed by atoms with Gasteiger partial charge in [-0.25, -0.2) is 0 Å². The lowest BCUT2D eigenvalue weighted by molar-refractivity contribution is -0.154. The van der Waals surface area contributed by atoms with Crippen LogP contribution >= 0.6 is 0 Å². The molecule has 0 bridgehead atoms. The zero-order valence-corrected chi connectivity index (χ0v) is 16.7. The molecule has 6 heteroatoms. The van der Waals surface area contributed by atoms with E-state index in [-0.39, 0.29) is 24.4 Å². The molecule has 0 unspecified atom stereocenters. The molecule has 2 aromatic carbocycles. The van der Waals surface area contributed by atoms with Crippen LogP contribution < -0.4 is 10.6 Å². The van der Waals surface area contributed by atoms with E-state index in [0.717, 1.165) is 30.4 Å². The van der Waals surface area contributed by atoms with Crippen molar-refractivity contribution < 1.29 is 19.1 Å². The Kier molecular flexibility index (Phi) is 6.65. The van der Waals surface area contributed by atoms with E-state index in [0.29, 0.717) is 5.56 Å². The van der Waals surface area contributed by atoms with E-state index >= 15 is 0 Å². The molecule has 0 saturated heterocycles. The SMILES string of the molecule is Cc1ccc(C(=O)NCC(=O)O[C@H](C)C(=O)N[C@H]2CCCc3ccccc32)cc1. The van der Waals surface area contributed by atoms with E-state index in [1.54, 1.807) is 12.1 Å². The van der Waals surface area contributed by atoms with E-state index in [4.69, 9.17) is 4.74 Å². The number of fused-ring (bicyclic) bond motifs is 1. The van der Waals surface area contributed by atoms with Crippen LogP contribution in [-0.2, 0) is 20.7 Å². The Morgan fingerprint density at radius 3 is 2.59 bits per heavy atom. The van der Waals surface area contributed by atoms with E-state index in [1.807, 2.05) is 37.3 Å². The topological polar surface area (TPSA) is 84.5 Å². The van der Waals surface area contributed by atoms with Crippen molar-refractivity contribution in [3.05, 3.63) is 70.8 Å². The molecule has 29 heavy (non-hydrogen) atoms. The number of hydrogen-bond donors (Lipinski definition) is 2. The molecule has 0 heterocycles. The van der Waals surface area contributed by atoms with E-state index in [2.05, 4.69) is 16.7 Å². The fraction of sp³-hybridized carbons (Fsp3) is 0.348. The average Bonchev–Trinajstić information content (AvgIpc) is 2.72. The summed E-state index contributed by atoms with van der Waals surface area (Å²) in [6.07, 6.45) is 1.93. The van der Waals surface area contributed by atoms with Crippen LogP contribution in [0.15, 0.2) is 48.5 Å². The van der Waals surface area contributed by atoms with Gasteiger partial charge in [-0.1, -0.05) is 42.0 Å². The predicted octanol–water partition coefficient (Wildman–Crippen LogP) is 2.85. The third-order valence-electron chi connectivity index (χ3n) is 5.07. The average molecular weight is 394 g/mol. The molecule has 152 valence electrons. The van der Waals surface area contributed by atoms with Crippen LogP contribution in [0.5, 0.6) is 0 Å². The lowest BCUT2D eigenvalue weighted by atomic mass is 9.87. The molecule has 0 fully saturated rings. The second-order valence-corrected chi connectivity index (χ2v) is 7.33. The zero-order chi connectivity index (χ0) is 20.8. The molecule has 0 spiro atoms. The molecule has 6 nitrogen and oxygen atoms in total. The van der Waals surface area contributed by atoms with Crippen LogP contribution in [0.3, 0.4) is 0 Å². The summed E-state index contributed by atoms with van der Waals surface area (Å²) in [7, 11) is 0. The third-order valence-corrected chi connectivity index (χ3v) is 5.07. The molecule has 1 aliphatic rings. The van der Waals surface area contributed by atoms with Gasteiger partial charge in [0.25, 0.3) is 11.8 Å². The number of ether oxygens (including phenoxy) is 1. The lowest BCUT2D eigenvalue weighted by Gasteiger charge is -2.27. The Morgan fingerprint density at radius 1 is 1.10 bits per heavy atom. The van der Waals surface area contributed by atoms with Gasteiger partial charge in [0.1, 0.15) is 6.54 Å². The number of nitrogens with one attached hydrogen (secondary N) is 2. The molecule has 0 radical (unpaired) electrons. The van der Waals surface area contributed by atoms with Crippen LogP contribution in [0.4, 0.5) is 0 Å². The van der Waals surface area contributed by atoms with Crippen molar-refractivity contribution in [2.45, 2.75) is 45.3 Å². The van der Waals surface area contributed by atoms with Gasteiger partial charge < -0.3 is 15.4 Å². The lowest BCUT2D eigenvalue weighted by Crippen LogP contribution is -2.41. The number of carbonyl (C=O) groups excluding carboxylic acids is 3. The molecule has 2 amide bonds. The number of benzene rings is 2. The van der Waals surface area contributed by atoms with Gasteiger partial charge in [-0.05, 0) is 56.4 Å². The first-order valence-corrected chi connectivity index (χ1v) is 9.86. The second kappa shape index (κ2) is 9.37. The summed E-state index contributed by atoms with van der Waals surface area (Å²) in [6.45, 7) is 3.16. The first kappa shape index (κ1) is 20.6. The van der Waals surface area contributed by atoms with Crippen molar-refractivity contribution >= 4 is 17.8 Å². The van der Waals surface area contributed by atoms with E-state index < -0.39 is 12.1 Å². The van der Waals surface area contributed by atoms with Crippen LogP contribution in [-0.4, -0.2) is 30.4 Å². The highest BCUT2D eigenvalue weighted by Crippen LogP contribution is 2.29. The van der Waals surface area contributed by atoms with Gasteiger partial charge in [-0.15, -0.1) is 0 Å². The Labute approximate surface area is 170 Å². The summed E-state index contributed by atoms with van der Waals surface area (Å²) < 4.78 is 5.18. The van der Waals surface area contributed by atoms with Crippen LogP contribution in [0.25, 0.3) is 0 Å². The highest BCUT2D eigenvalue weighted by molar-refractivity contribution is 5.96. The molecule has 2 atom stereocenters. The molecular formula is C23H26N2O4. The third kappa shape index (κ3) is 5.44. The minimum atomic E-state index is -0.937. The van der Waals surface area contributed by atoms with Gasteiger partial charge in [0.2, 0.25) is 0 Å². The minimum Gasteiger partial charge on any atom is -0.451 e. The first-order valence-electron chi connectivity index (χ1n) is 9.86. The molecule has 3 rings (SSSR count). The van der Waals surface area contributed by atoms with Crippen LogP contribution in [0.2, 0.25) is 0 Å². The van der Waals surface area contributed by atoms with Crippen LogP contribution in [0.1, 0.15) is 52.9 Å². The molecule has 0 aliphatic heterocycles. The van der Waals surface area contributed by atoms with E-state index in [9.17, 15) is 14.4 Å². The fourth-order valence-electron chi connectivity index (χ4n) is 3.44. The van der Waals surface area contributed by atoms with Gasteiger partial charge in [-0.2, -0.15) is 0 Å². The van der Waals surface area contributed by atoms with Gasteiger partial charge in [0, 0.05) is 5.56 Å².